The van der Waals surface area contributed by atoms with E-state index < -0.39 is 35.0 Å². The standard InChI is InChI=1S/C14H17F3N2O2S/c1-14(2,3)22-7-6-18-12(20)13(21)19-9-5-4-8(15)10(16)11(9)17/h4-5H,6-7H2,1-3H3,(H,18,20)(H,19,21). The highest BCUT2D eigenvalue weighted by atomic mass is 32.2. The molecule has 0 bridgehead atoms. The van der Waals surface area contributed by atoms with Crippen LogP contribution < -0.4 is 10.6 Å². The Bertz CT molecular complexity index is 574. The van der Waals surface area contributed by atoms with Crippen molar-refractivity contribution < 1.29 is 22.8 Å². The van der Waals surface area contributed by atoms with Crippen molar-refractivity contribution in [2.24, 2.45) is 0 Å². The van der Waals surface area contributed by atoms with E-state index in [1.165, 1.54) is 0 Å². The minimum Gasteiger partial charge on any atom is -0.347 e. The zero-order valence-corrected chi connectivity index (χ0v) is 13.2. The van der Waals surface area contributed by atoms with Crippen molar-refractivity contribution in [3.63, 3.8) is 0 Å². The topological polar surface area (TPSA) is 58.2 Å². The summed E-state index contributed by atoms with van der Waals surface area (Å²) in [6.07, 6.45) is 0. The SMILES string of the molecule is CC(C)(C)SCCNC(=O)C(=O)Nc1ccc(F)c(F)c1F. The third-order valence-electron chi connectivity index (χ3n) is 2.41. The number of hydrogen-bond donors (Lipinski definition) is 2. The third kappa shape index (κ3) is 5.59. The first-order valence-electron chi connectivity index (χ1n) is 6.48. The van der Waals surface area contributed by atoms with Gasteiger partial charge in [-0.1, -0.05) is 20.8 Å². The van der Waals surface area contributed by atoms with Gasteiger partial charge in [-0.05, 0) is 12.1 Å². The average molecular weight is 334 g/mol. The zero-order valence-electron chi connectivity index (χ0n) is 12.4. The first kappa shape index (κ1) is 18.3. The fourth-order valence-electron chi connectivity index (χ4n) is 1.40. The first-order chi connectivity index (χ1) is 10.1. The normalized spacial score (nSPS) is 11.2. The molecule has 0 atom stereocenters. The molecule has 0 spiro atoms. The van der Waals surface area contributed by atoms with E-state index in [1.807, 2.05) is 26.1 Å². The molecule has 0 aromatic heterocycles. The van der Waals surface area contributed by atoms with E-state index in [0.717, 1.165) is 6.07 Å². The molecule has 2 amide bonds. The van der Waals surface area contributed by atoms with Gasteiger partial charge in [-0.15, -0.1) is 0 Å². The Morgan fingerprint density at radius 1 is 1.09 bits per heavy atom. The molecule has 0 aliphatic rings. The van der Waals surface area contributed by atoms with Crippen LogP contribution in [0.15, 0.2) is 12.1 Å². The van der Waals surface area contributed by atoms with Crippen molar-refractivity contribution in [1.29, 1.82) is 0 Å². The third-order valence-corrected chi connectivity index (χ3v) is 3.69. The van der Waals surface area contributed by atoms with Crippen LogP contribution in [0.3, 0.4) is 0 Å². The Kier molecular flexibility index (Phi) is 6.28. The smallest absolute Gasteiger partial charge is 0.313 e. The van der Waals surface area contributed by atoms with Crippen LogP contribution in [0.1, 0.15) is 20.8 Å². The fourth-order valence-corrected chi connectivity index (χ4v) is 2.22. The second-order valence-electron chi connectivity index (χ2n) is 5.39. The molecule has 0 radical (unpaired) electrons. The molecule has 1 aromatic rings. The molecular weight excluding hydrogens is 317 g/mol. The van der Waals surface area contributed by atoms with Crippen molar-refractivity contribution in [2.75, 3.05) is 17.6 Å². The molecule has 0 saturated heterocycles. The molecule has 1 aromatic carbocycles. The van der Waals surface area contributed by atoms with Crippen molar-refractivity contribution in [2.45, 2.75) is 25.5 Å². The summed E-state index contributed by atoms with van der Waals surface area (Å²) in [6.45, 7) is 6.29. The lowest BCUT2D eigenvalue weighted by Gasteiger charge is -2.17. The van der Waals surface area contributed by atoms with Crippen LogP contribution in [-0.2, 0) is 9.59 Å². The highest BCUT2D eigenvalue weighted by molar-refractivity contribution is 8.00. The van der Waals surface area contributed by atoms with E-state index in [2.05, 4.69) is 5.32 Å². The van der Waals surface area contributed by atoms with Gasteiger partial charge >= 0.3 is 11.8 Å². The van der Waals surface area contributed by atoms with E-state index >= 15 is 0 Å². The van der Waals surface area contributed by atoms with Gasteiger partial charge in [0.1, 0.15) is 0 Å². The molecule has 0 aliphatic heterocycles. The lowest BCUT2D eigenvalue weighted by Crippen LogP contribution is -2.37. The van der Waals surface area contributed by atoms with Gasteiger partial charge < -0.3 is 10.6 Å². The van der Waals surface area contributed by atoms with Gasteiger partial charge in [-0.2, -0.15) is 11.8 Å². The summed E-state index contributed by atoms with van der Waals surface area (Å²) in [5.74, 6) is -6.16. The highest BCUT2D eigenvalue weighted by Gasteiger charge is 2.19. The van der Waals surface area contributed by atoms with Gasteiger partial charge in [0.05, 0.1) is 5.69 Å². The number of nitrogens with one attached hydrogen (secondary N) is 2. The van der Waals surface area contributed by atoms with E-state index in [0.29, 0.717) is 11.8 Å². The first-order valence-corrected chi connectivity index (χ1v) is 7.47. The van der Waals surface area contributed by atoms with Crippen LogP contribution in [0.4, 0.5) is 18.9 Å². The molecule has 0 heterocycles. The number of benzene rings is 1. The lowest BCUT2D eigenvalue weighted by atomic mass is 10.2. The van der Waals surface area contributed by atoms with Gasteiger partial charge in [-0.3, -0.25) is 9.59 Å². The predicted octanol–water partition coefficient (Wildman–Crippen LogP) is 2.69. The monoisotopic (exact) mass is 334 g/mol. The van der Waals surface area contributed by atoms with Gasteiger partial charge in [0.25, 0.3) is 0 Å². The summed E-state index contributed by atoms with van der Waals surface area (Å²) in [4.78, 5) is 23.1. The Morgan fingerprint density at radius 2 is 1.73 bits per heavy atom. The maximum absolute atomic E-state index is 13.4. The number of carbonyl (C=O) groups excluding carboxylic acids is 2. The quantitative estimate of drug-likeness (QED) is 0.506. The number of anilines is 1. The number of halogens is 3. The summed E-state index contributed by atoms with van der Waals surface area (Å²) in [6, 6.07) is 1.50. The van der Waals surface area contributed by atoms with Crippen molar-refractivity contribution in [3.8, 4) is 0 Å². The molecule has 0 saturated carbocycles. The summed E-state index contributed by atoms with van der Waals surface area (Å²) in [7, 11) is 0. The largest absolute Gasteiger partial charge is 0.347 e. The van der Waals surface area contributed by atoms with Crippen LogP contribution >= 0.6 is 11.8 Å². The summed E-state index contributed by atoms with van der Waals surface area (Å²) in [5.41, 5.74) is -0.594. The molecule has 2 N–H and O–H groups in total. The number of hydrogen-bond acceptors (Lipinski definition) is 3. The van der Waals surface area contributed by atoms with Crippen LogP contribution in [-0.4, -0.2) is 28.9 Å². The molecule has 122 valence electrons. The number of rotatable bonds is 4. The minimum absolute atomic E-state index is 0.0295. The van der Waals surface area contributed by atoms with Gasteiger partial charge in [0.15, 0.2) is 17.5 Å². The fraction of sp³-hybridized carbons (Fsp3) is 0.429. The maximum Gasteiger partial charge on any atom is 0.313 e. The maximum atomic E-state index is 13.4. The zero-order chi connectivity index (χ0) is 16.9. The molecular formula is C14H17F3N2O2S. The van der Waals surface area contributed by atoms with Crippen LogP contribution in [0.2, 0.25) is 0 Å². The number of thioether (sulfide) groups is 1. The molecule has 0 unspecified atom stereocenters. The number of amides is 2. The van der Waals surface area contributed by atoms with E-state index in [1.54, 1.807) is 11.8 Å². The Balaban J connectivity index is 2.52. The molecule has 0 fully saturated rings. The van der Waals surface area contributed by atoms with Crippen LogP contribution in [0, 0.1) is 17.5 Å². The Morgan fingerprint density at radius 3 is 2.32 bits per heavy atom. The summed E-state index contributed by atoms with van der Waals surface area (Å²) < 4.78 is 39.1. The molecule has 0 aliphatic carbocycles. The van der Waals surface area contributed by atoms with Gasteiger partial charge in [0.2, 0.25) is 0 Å². The van der Waals surface area contributed by atoms with Crippen molar-refractivity contribution in [3.05, 3.63) is 29.6 Å². The van der Waals surface area contributed by atoms with E-state index in [4.69, 9.17) is 0 Å². The summed E-state index contributed by atoms with van der Waals surface area (Å²) in [5, 5.41) is 4.25. The second kappa shape index (κ2) is 7.53. The molecule has 4 nitrogen and oxygen atoms in total. The molecule has 22 heavy (non-hydrogen) atoms. The lowest BCUT2D eigenvalue weighted by molar-refractivity contribution is -0.136. The molecule has 8 heteroatoms. The average Bonchev–Trinajstić information content (AvgIpc) is 2.42. The highest BCUT2D eigenvalue weighted by Crippen LogP contribution is 2.22. The second-order valence-corrected chi connectivity index (χ2v) is 7.32. The minimum atomic E-state index is -1.71. The van der Waals surface area contributed by atoms with E-state index in [-0.39, 0.29) is 11.3 Å². The van der Waals surface area contributed by atoms with Gasteiger partial charge in [-0.25, -0.2) is 13.2 Å². The van der Waals surface area contributed by atoms with E-state index in [9.17, 15) is 22.8 Å². The number of carbonyl (C=O) groups is 2. The van der Waals surface area contributed by atoms with Crippen LogP contribution in [0.5, 0.6) is 0 Å². The predicted molar refractivity (Wildman–Crippen MR) is 80.2 cm³/mol. The summed E-state index contributed by atoms with van der Waals surface area (Å²) >= 11 is 1.60. The Labute approximate surface area is 130 Å². The van der Waals surface area contributed by atoms with Crippen molar-refractivity contribution in [1.82, 2.24) is 5.32 Å². The van der Waals surface area contributed by atoms with Crippen molar-refractivity contribution >= 4 is 29.3 Å². The van der Waals surface area contributed by atoms with Crippen LogP contribution in [0.25, 0.3) is 0 Å². The Hall–Kier alpha value is -1.70. The van der Waals surface area contributed by atoms with Gasteiger partial charge in [0, 0.05) is 17.0 Å². The molecule has 1 rings (SSSR count).